The number of aryl methyl sites for hydroxylation is 2. The quantitative estimate of drug-likeness (QED) is 0.780. The van der Waals surface area contributed by atoms with Gasteiger partial charge in [-0.05, 0) is 26.7 Å². The van der Waals surface area contributed by atoms with Crippen LogP contribution >= 0.6 is 0 Å². The Morgan fingerprint density at radius 2 is 2.24 bits per heavy atom. The maximum Gasteiger partial charge on any atom is 0.260 e. The molecule has 1 fully saturated rings. The highest BCUT2D eigenvalue weighted by Gasteiger charge is 2.46. The third-order valence-electron chi connectivity index (χ3n) is 3.08. The van der Waals surface area contributed by atoms with Crippen molar-refractivity contribution in [2.75, 3.05) is 6.61 Å². The van der Waals surface area contributed by atoms with Crippen LogP contribution in [0, 0.1) is 6.92 Å². The number of hydrogen-bond donors (Lipinski definition) is 2. The molecule has 0 unspecified atom stereocenters. The van der Waals surface area contributed by atoms with Gasteiger partial charge in [0.15, 0.2) is 5.03 Å². The van der Waals surface area contributed by atoms with E-state index in [1.54, 1.807) is 11.5 Å². The molecule has 1 aromatic heterocycles. The van der Waals surface area contributed by atoms with Gasteiger partial charge in [0.1, 0.15) is 5.82 Å². The molecule has 0 bridgehead atoms. The van der Waals surface area contributed by atoms with Crippen LogP contribution in [0.4, 0.5) is 0 Å². The molecule has 0 atom stereocenters. The van der Waals surface area contributed by atoms with Crippen molar-refractivity contribution in [3.8, 4) is 0 Å². The van der Waals surface area contributed by atoms with Gasteiger partial charge in [-0.25, -0.2) is 18.1 Å². The lowest BCUT2D eigenvalue weighted by molar-refractivity contribution is 0.246. The predicted molar refractivity (Wildman–Crippen MR) is 62.0 cm³/mol. The van der Waals surface area contributed by atoms with Crippen LogP contribution in [0.2, 0.25) is 0 Å². The summed E-state index contributed by atoms with van der Waals surface area (Å²) in [6.07, 6.45) is 2.87. The summed E-state index contributed by atoms with van der Waals surface area (Å²) in [4.78, 5) is 4.03. The van der Waals surface area contributed by atoms with Gasteiger partial charge in [-0.3, -0.25) is 0 Å². The monoisotopic (exact) mass is 259 g/mol. The van der Waals surface area contributed by atoms with Crippen molar-refractivity contribution in [2.24, 2.45) is 0 Å². The molecule has 1 aromatic rings. The van der Waals surface area contributed by atoms with Gasteiger partial charge in [0.2, 0.25) is 0 Å². The molecule has 0 radical (unpaired) electrons. The number of nitrogens with zero attached hydrogens (tertiary/aromatic N) is 2. The molecule has 1 saturated carbocycles. The molecule has 1 heterocycles. The van der Waals surface area contributed by atoms with Crippen LogP contribution in [0.1, 0.15) is 25.6 Å². The fourth-order valence-electron chi connectivity index (χ4n) is 1.71. The first-order chi connectivity index (χ1) is 7.92. The van der Waals surface area contributed by atoms with Crippen LogP contribution in [0.5, 0.6) is 0 Å². The molecule has 2 rings (SSSR count). The van der Waals surface area contributed by atoms with Crippen LogP contribution in [0.3, 0.4) is 0 Å². The molecule has 17 heavy (non-hydrogen) atoms. The van der Waals surface area contributed by atoms with Crippen LogP contribution < -0.4 is 4.72 Å². The van der Waals surface area contributed by atoms with Crippen molar-refractivity contribution in [3.63, 3.8) is 0 Å². The molecule has 7 heteroatoms. The van der Waals surface area contributed by atoms with Gasteiger partial charge in [-0.2, -0.15) is 0 Å². The number of imidazole rings is 1. The molecular formula is C10H17N3O3S. The van der Waals surface area contributed by atoms with Crippen molar-refractivity contribution >= 4 is 10.0 Å². The van der Waals surface area contributed by atoms with E-state index in [2.05, 4.69) is 9.71 Å². The van der Waals surface area contributed by atoms with Crippen LogP contribution in [0.25, 0.3) is 0 Å². The van der Waals surface area contributed by atoms with E-state index in [0.29, 0.717) is 25.2 Å². The molecule has 6 nitrogen and oxygen atoms in total. The van der Waals surface area contributed by atoms with E-state index in [1.807, 2.05) is 6.92 Å². The zero-order valence-corrected chi connectivity index (χ0v) is 10.8. The standard InChI is InChI=1S/C10H17N3O3S/c1-3-13-6-9(11-8(13)2)17(15,16)12-10(7-14)4-5-10/h6,12,14H,3-5,7H2,1-2H3. The predicted octanol–water partition coefficient (Wildman–Crippen LogP) is 0.0146. The van der Waals surface area contributed by atoms with Crippen molar-refractivity contribution in [3.05, 3.63) is 12.0 Å². The van der Waals surface area contributed by atoms with Crippen LogP contribution in [0.15, 0.2) is 11.2 Å². The summed E-state index contributed by atoms with van der Waals surface area (Å²) in [5.41, 5.74) is -0.650. The first-order valence-electron chi connectivity index (χ1n) is 5.61. The van der Waals surface area contributed by atoms with Gasteiger partial charge in [0.05, 0.1) is 12.1 Å². The number of aliphatic hydroxyl groups excluding tert-OH is 1. The molecule has 0 saturated heterocycles. The van der Waals surface area contributed by atoms with Crippen LogP contribution in [-0.2, 0) is 16.6 Å². The van der Waals surface area contributed by atoms with Crippen molar-refractivity contribution < 1.29 is 13.5 Å². The summed E-state index contributed by atoms with van der Waals surface area (Å²) in [7, 11) is -3.62. The van der Waals surface area contributed by atoms with Gasteiger partial charge in [0.25, 0.3) is 10.0 Å². The topological polar surface area (TPSA) is 84.2 Å². The molecule has 0 aromatic carbocycles. The fraction of sp³-hybridized carbons (Fsp3) is 0.700. The van der Waals surface area contributed by atoms with E-state index in [1.165, 1.54) is 6.20 Å². The Hall–Kier alpha value is -0.920. The highest BCUT2D eigenvalue weighted by molar-refractivity contribution is 7.89. The normalized spacial score (nSPS) is 18.3. The Morgan fingerprint density at radius 1 is 1.59 bits per heavy atom. The first kappa shape index (κ1) is 12.5. The SMILES string of the molecule is CCn1cc(S(=O)(=O)NC2(CO)CC2)nc1C. The maximum atomic E-state index is 12.0. The third-order valence-corrected chi connectivity index (χ3v) is 4.53. The fourth-order valence-corrected chi connectivity index (χ4v) is 3.17. The smallest absolute Gasteiger partial charge is 0.260 e. The minimum Gasteiger partial charge on any atom is -0.394 e. The van der Waals surface area contributed by atoms with E-state index in [4.69, 9.17) is 5.11 Å². The average Bonchev–Trinajstić information content (AvgIpc) is 2.92. The van der Waals surface area contributed by atoms with E-state index >= 15 is 0 Å². The zero-order valence-electron chi connectivity index (χ0n) is 9.97. The molecule has 0 aliphatic heterocycles. The largest absolute Gasteiger partial charge is 0.394 e. The van der Waals surface area contributed by atoms with E-state index in [0.717, 1.165) is 0 Å². The summed E-state index contributed by atoms with van der Waals surface area (Å²) in [5.74, 6) is 0.668. The van der Waals surface area contributed by atoms with Crippen molar-refractivity contribution in [1.82, 2.24) is 14.3 Å². The van der Waals surface area contributed by atoms with Gasteiger partial charge < -0.3 is 9.67 Å². The second-order valence-corrected chi connectivity index (χ2v) is 6.09. The first-order valence-corrected chi connectivity index (χ1v) is 7.09. The van der Waals surface area contributed by atoms with Gasteiger partial charge in [-0.15, -0.1) is 0 Å². The van der Waals surface area contributed by atoms with Gasteiger partial charge in [0, 0.05) is 12.7 Å². The number of hydrogen-bond acceptors (Lipinski definition) is 4. The second-order valence-electron chi connectivity index (χ2n) is 4.46. The third kappa shape index (κ3) is 2.36. The molecule has 1 aliphatic carbocycles. The summed E-state index contributed by atoms with van der Waals surface area (Å²) in [5, 5.41) is 9.14. The number of sulfonamides is 1. The summed E-state index contributed by atoms with van der Waals surface area (Å²) in [6, 6.07) is 0. The Kier molecular flexibility index (Phi) is 3.01. The molecule has 0 amide bonds. The van der Waals surface area contributed by atoms with Gasteiger partial charge >= 0.3 is 0 Å². The molecule has 96 valence electrons. The maximum absolute atomic E-state index is 12.0. The highest BCUT2D eigenvalue weighted by Crippen LogP contribution is 2.36. The van der Waals surface area contributed by atoms with Crippen molar-refractivity contribution in [1.29, 1.82) is 0 Å². The van der Waals surface area contributed by atoms with E-state index in [-0.39, 0.29) is 11.6 Å². The zero-order chi connectivity index (χ0) is 12.7. The number of aliphatic hydroxyl groups is 1. The second kappa shape index (κ2) is 4.08. The summed E-state index contributed by atoms with van der Waals surface area (Å²) in [6.45, 7) is 4.20. The number of aromatic nitrogens is 2. The Balaban J connectivity index is 2.25. The lowest BCUT2D eigenvalue weighted by Crippen LogP contribution is -2.39. The lowest BCUT2D eigenvalue weighted by atomic mass is 10.3. The minimum atomic E-state index is -3.62. The Labute approximate surface area is 101 Å². The molecular weight excluding hydrogens is 242 g/mol. The molecule has 1 aliphatic rings. The summed E-state index contributed by atoms with van der Waals surface area (Å²) >= 11 is 0. The molecule has 0 spiro atoms. The van der Waals surface area contributed by atoms with E-state index < -0.39 is 15.6 Å². The highest BCUT2D eigenvalue weighted by atomic mass is 32.2. The van der Waals surface area contributed by atoms with Crippen molar-refractivity contribution in [2.45, 2.75) is 43.8 Å². The van der Waals surface area contributed by atoms with Crippen LogP contribution in [-0.4, -0.2) is 35.2 Å². The average molecular weight is 259 g/mol. The number of rotatable bonds is 5. The lowest BCUT2D eigenvalue weighted by Gasteiger charge is -2.12. The Morgan fingerprint density at radius 3 is 2.65 bits per heavy atom. The molecule has 2 N–H and O–H groups in total. The summed E-state index contributed by atoms with van der Waals surface area (Å²) < 4.78 is 28.4. The van der Waals surface area contributed by atoms with E-state index in [9.17, 15) is 8.42 Å². The number of nitrogens with one attached hydrogen (secondary N) is 1. The minimum absolute atomic E-state index is 0.0246. The Bertz CT molecular complexity index is 517. The van der Waals surface area contributed by atoms with Gasteiger partial charge in [-0.1, -0.05) is 0 Å².